The van der Waals surface area contributed by atoms with Crippen molar-refractivity contribution in [1.29, 1.82) is 0 Å². The average molecular weight is 358 g/mol. The molecule has 0 fully saturated rings. The lowest BCUT2D eigenvalue weighted by molar-refractivity contribution is -0.402. The van der Waals surface area contributed by atoms with Crippen LogP contribution < -0.4 is 5.32 Å². The van der Waals surface area contributed by atoms with Crippen LogP contribution in [0.5, 0.6) is 0 Å². The van der Waals surface area contributed by atoms with Crippen molar-refractivity contribution in [2.24, 2.45) is 0 Å². The van der Waals surface area contributed by atoms with Crippen molar-refractivity contribution < 1.29 is 23.7 Å². The first-order valence-corrected chi connectivity index (χ1v) is 8.29. The van der Waals surface area contributed by atoms with Crippen LogP contribution in [-0.4, -0.2) is 22.9 Å². The number of aryl methyl sites for hydroxylation is 1. The van der Waals surface area contributed by atoms with Crippen LogP contribution in [0.2, 0.25) is 0 Å². The predicted octanol–water partition coefficient (Wildman–Crippen LogP) is 2.93. The highest BCUT2D eigenvalue weighted by atomic mass is 16.7. The van der Waals surface area contributed by atoms with Crippen LogP contribution in [0.3, 0.4) is 0 Å². The Kier molecular flexibility index (Phi) is 5.01. The van der Waals surface area contributed by atoms with Gasteiger partial charge in [-0.1, -0.05) is 24.3 Å². The monoisotopic (exact) mass is 358 g/mol. The summed E-state index contributed by atoms with van der Waals surface area (Å²) >= 11 is 0. The number of benzene rings is 1. The molecule has 8 nitrogen and oxygen atoms in total. The Morgan fingerprint density at radius 3 is 2.81 bits per heavy atom. The number of ether oxygens (including phenoxy) is 1. The van der Waals surface area contributed by atoms with Gasteiger partial charge in [0.15, 0.2) is 6.10 Å². The van der Waals surface area contributed by atoms with Gasteiger partial charge in [-0.25, -0.2) is 4.79 Å². The van der Waals surface area contributed by atoms with Crippen LogP contribution in [0.25, 0.3) is 0 Å². The van der Waals surface area contributed by atoms with Crippen molar-refractivity contribution in [2.75, 3.05) is 0 Å². The third kappa shape index (κ3) is 3.74. The molecule has 1 amide bonds. The van der Waals surface area contributed by atoms with Crippen LogP contribution in [0, 0.1) is 10.1 Å². The molecule has 0 saturated carbocycles. The summed E-state index contributed by atoms with van der Waals surface area (Å²) in [4.78, 5) is 34.2. The number of furan rings is 1. The van der Waals surface area contributed by atoms with Gasteiger partial charge in [0.25, 0.3) is 5.91 Å². The van der Waals surface area contributed by atoms with E-state index in [1.54, 1.807) is 0 Å². The Morgan fingerprint density at radius 2 is 2.08 bits per heavy atom. The number of hydrogen-bond donors (Lipinski definition) is 1. The van der Waals surface area contributed by atoms with Crippen molar-refractivity contribution in [3.05, 3.63) is 63.4 Å². The Hall–Kier alpha value is -3.16. The van der Waals surface area contributed by atoms with Crippen LogP contribution in [0.1, 0.15) is 47.5 Å². The molecule has 1 heterocycles. The van der Waals surface area contributed by atoms with Crippen molar-refractivity contribution in [1.82, 2.24) is 5.32 Å². The van der Waals surface area contributed by atoms with Crippen LogP contribution in [-0.2, 0) is 16.0 Å². The lowest BCUT2D eigenvalue weighted by atomic mass is 9.87. The number of carbonyl (C=O) groups is 2. The molecule has 1 aliphatic carbocycles. The van der Waals surface area contributed by atoms with E-state index in [1.807, 2.05) is 24.3 Å². The van der Waals surface area contributed by atoms with Gasteiger partial charge in [0.1, 0.15) is 4.92 Å². The van der Waals surface area contributed by atoms with Crippen LogP contribution in [0.15, 0.2) is 40.8 Å². The molecule has 8 heteroatoms. The van der Waals surface area contributed by atoms with Gasteiger partial charge in [-0.05, 0) is 43.4 Å². The SMILES string of the molecule is C[C@H](OC(=O)c1ccc([N+](=O)[O-])o1)C(=O)N[C@H]1CCCc2ccccc21. The molecule has 0 unspecified atom stereocenters. The lowest BCUT2D eigenvalue weighted by Gasteiger charge is -2.27. The number of nitrogens with one attached hydrogen (secondary N) is 1. The summed E-state index contributed by atoms with van der Waals surface area (Å²) in [6.07, 6.45) is 1.70. The number of fused-ring (bicyclic) bond motifs is 1. The van der Waals surface area contributed by atoms with E-state index in [4.69, 9.17) is 9.15 Å². The third-order valence-corrected chi connectivity index (χ3v) is 4.31. The summed E-state index contributed by atoms with van der Waals surface area (Å²) in [5, 5.41) is 13.5. The second-order valence-electron chi connectivity index (χ2n) is 6.09. The summed E-state index contributed by atoms with van der Waals surface area (Å²) in [6, 6.07) is 9.99. The van der Waals surface area contributed by atoms with E-state index >= 15 is 0 Å². The summed E-state index contributed by atoms with van der Waals surface area (Å²) in [5.41, 5.74) is 2.28. The summed E-state index contributed by atoms with van der Waals surface area (Å²) in [5.74, 6) is -2.24. The van der Waals surface area contributed by atoms with Crippen molar-refractivity contribution in [3.8, 4) is 0 Å². The number of esters is 1. The molecule has 0 saturated heterocycles. The highest BCUT2D eigenvalue weighted by Crippen LogP contribution is 2.29. The molecule has 0 spiro atoms. The van der Waals surface area contributed by atoms with Gasteiger partial charge in [-0.15, -0.1) is 0 Å². The van der Waals surface area contributed by atoms with Crippen molar-refractivity contribution >= 4 is 17.8 Å². The lowest BCUT2D eigenvalue weighted by Crippen LogP contribution is -2.39. The van der Waals surface area contributed by atoms with E-state index in [1.165, 1.54) is 12.5 Å². The van der Waals surface area contributed by atoms with E-state index < -0.39 is 28.8 Å². The first kappa shape index (κ1) is 17.7. The molecular weight excluding hydrogens is 340 g/mol. The molecule has 1 aliphatic rings. The molecule has 26 heavy (non-hydrogen) atoms. The van der Waals surface area contributed by atoms with E-state index in [-0.39, 0.29) is 11.8 Å². The Bertz CT molecular complexity index is 844. The molecule has 1 N–H and O–H groups in total. The van der Waals surface area contributed by atoms with Gasteiger partial charge in [-0.3, -0.25) is 14.9 Å². The molecule has 0 aliphatic heterocycles. The number of nitrogens with zero attached hydrogens (tertiary/aromatic N) is 1. The number of carbonyl (C=O) groups excluding carboxylic acids is 2. The normalized spacial score (nSPS) is 17.0. The van der Waals surface area contributed by atoms with Gasteiger partial charge in [0.05, 0.1) is 12.1 Å². The minimum absolute atomic E-state index is 0.127. The fourth-order valence-corrected chi connectivity index (χ4v) is 3.00. The zero-order valence-corrected chi connectivity index (χ0v) is 14.1. The van der Waals surface area contributed by atoms with Crippen LogP contribution in [0.4, 0.5) is 5.88 Å². The molecule has 0 radical (unpaired) electrons. The smallest absolute Gasteiger partial charge is 0.433 e. The third-order valence-electron chi connectivity index (χ3n) is 4.31. The quantitative estimate of drug-likeness (QED) is 0.500. The van der Waals surface area contributed by atoms with E-state index in [0.29, 0.717) is 0 Å². The first-order chi connectivity index (χ1) is 12.5. The Morgan fingerprint density at radius 1 is 1.31 bits per heavy atom. The van der Waals surface area contributed by atoms with E-state index in [9.17, 15) is 19.7 Å². The highest BCUT2D eigenvalue weighted by Gasteiger charge is 2.27. The van der Waals surface area contributed by atoms with Crippen molar-refractivity contribution in [2.45, 2.75) is 38.3 Å². The molecular formula is C18H18N2O6. The van der Waals surface area contributed by atoms with Crippen molar-refractivity contribution in [3.63, 3.8) is 0 Å². The maximum atomic E-state index is 12.4. The van der Waals surface area contributed by atoms with Gasteiger partial charge < -0.3 is 14.5 Å². The first-order valence-electron chi connectivity index (χ1n) is 8.29. The maximum absolute atomic E-state index is 12.4. The molecule has 0 bridgehead atoms. The summed E-state index contributed by atoms with van der Waals surface area (Å²) in [7, 11) is 0. The summed E-state index contributed by atoms with van der Waals surface area (Å²) < 4.78 is 9.83. The molecule has 2 atom stereocenters. The predicted molar refractivity (Wildman–Crippen MR) is 90.5 cm³/mol. The second kappa shape index (κ2) is 7.38. The molecule has 1 aromatic heterocycles. The molecule has 1 aromatic carbocycles. The minimum atomic E-state index is -1.05. The van der Waals surface area contributed by atoms with E-state index in [0.717, 1.165) is 37.0 Å². The number of amides is 1. The second-order valence-corrected chi connectivity index (χ2v) is 6.09. The number of hydrogen-bond acceptors (Lipinski definition) is 6. The van der Waals surface area contributed by atoms with Crippen LogP contribution >= 0.6 is 0 Å². The highest BCUT2D eigenvalue weighted by molar-refractivity contribution is 5.90. The maximum Gasteiger partial charge on any atom is 0.433 e. The fourth-order valence-electron chi connectivity index (χ4n) is 3.00. The fraction of sp³-hybridized carbons (Fsp3) is 0.333. The zero-order chi connectivity index (χ0) is 18.7. The molecule has 136 valence electrons. The topological polar surface area (TPSA) is 112 Å². The van der Waals surface area contributed by atoms with Gasteiger partial charge in [-0.2, -0.15) is 0 Å². The summed E-state index contributed by atoms with van der Waals surface area (Å²) in [6.45, 7) is 1.44. The van der Waals surface area contributed by atoms with Gasteiger partial charge in [0, 0.05) is 0 Å². The zero-order valence-electron chi connectivity index (χ0n) is 14.1. The number of nitro groups is 1. The molecule has 3 rings (SSSR count). The Labute approximate surface area is 149 Å². The average Bonchev–Trinajstić information content (AvgIpc) is 3.12. The molecule has 2 aromatic rings. The van der Waals surface area contributed by atoms with E-state index in [2.05, 4.69) is 5.32 Å². The number of rotatable bonds is 5. The van der Waals surface area contributed by atoms with Gasteiger partial charge in [0.2, 0.25) is 5.76 Å². The standard InChI is InChI=1S/C18H18N2O6/c1-11(25-18(22)15-9-10-16(26-15)20(23)24)17(21)19-14-8-4-6-12-5-2-3-7-13(12)14/h2-3,5,7,9-11,14H,4,6,8H2,1H3,(H,19,21)/t11-,14-/m0/s1. The minimum Gasteiger partial charge on any atom is -0.447 e. The largest absolute Gasteiger partial charge is 0.447 e. The Balaban J connectivity index is 1.61. The van der Waals surface area contributed by atoms with Gasteiger partial charge >= 0.3 is 11.9 Å².